The topological polar surface area (TPSA) is 66.4 Å². The number of halogens is 1. The van der Waals surface area contributed by atoms with Crippen LogP contribution in [0.3, 0.4) is 0 Å². The molecule has 0 saturated heterocycles. The lowest BCUT2D eigenvalue weighted by molar-refractivity contribution is 0.256. The maximum absolute atomic E-state index is 13.5. The molecule has 6 heteroatoms. The maximum atomic E-state index is 13.5. The van der Waals surface area contributed by atoms with Gasteiger partial charge in [0.1, 0.15) is 5.82 Å². The van der Waals surface area contributed by atoms with Gasteiger partial charge in [0.15, 0.2) is 0 Å². The van der Waals surface area contributed by atoms with Crippen LogP contribution < -0.4 is 4.72 Å². The summed E-state index contributed by atoms with van der Waals surface area (Å²) in [4.78, 5) is 0. The van der Waals surface area contributed by atoms with Crippen LogP contribution in [0.2, 0.25) is 0 Å². The summed E-state index contributed by atoms with van der Waals surface area (Å²) < 4.78 is 40.2. The maximum Gasteiger partial charge on any atom is 0.216 e. The quantitative estimate of drug-likeness (QED) is 0.817. The molecule has 0 aromatic heterocycles. The van der Waals surface area contributed by atoms with Crippen LogP contribution in [-0.4, -0.2) is 26.2 Å². The molecule has 118 valence electrons. The Morgan fingerprint density at radius 3 is 2.32 bits per heavy atom. The molecule has 2 aromatic carbocycles. The van der Waals surface area contributed by atoms with Gasteiger partial charge in [-0.05, 0) is 18.1 Å². The second-order valence-electron chi connectivity index (χ2n) is 5.04. The third kappa shape index (κ3) is 4.91. The van der Waals surface area contributed by atoms with Crippen molar-refractivity contribution in [2.24, 2.45) is 0 Å². The van der Waals surface area contributed by atoms with Gasteiger partial charge in [0.2, 0.25) is 10.0 Å². The van der Waals surface area contributed by atoms with Gasteiger partial charge in [0, 0.05) is 11.6 Å². The van der Waals surface area contributed by atoms with Crippen LogP contribution in [0.15, 0.2) is 54.6 Å². The highest BCUT2D eigenvalue weighted by atomic mass is 32.2. The van der Waals surface area contributed by atoms with Gasteiger partial charge in [-0.3, -0.25) is 0 Å². The lowest BCUT2D eigenvalue weighted by Crippen LogP contribution is -2.39. The molecule has 4 nitrogen and oxygen atoms in total. The summed E-state index contributed by atoms with van der Waals surface area (Å²) in [7, 11) is -3.74. The van der Waals surface area contributed by atoms with Gasteiger partial charge in [-0.2, -0.15) is 0 Å². The van der Waals surface area contributed by atoms with Crippen LogP contribution in [-0.2, 0) is 22.2 Å². The molecule has 0 fully saturated rings. The molecule has 0 amide bonds. The van der Waals surface area contributed by atoms with Gasteiger partial charge in [-0.1, -0.05) is 48.5 Å². The fraction of sp³-hybridized carbons (Fsp3) is 0.250. The molecule has 2 aromatic rings. The fourth-order valence-electron chi connectivity index (χ4n) is 2.16. The molecule has 0 radical (unpaired) electrons. The summed E-state index contributed by atoms with van der Waals surface area (Å²) in [5, 5.41) is 9.37. The number of sulfonamides is 1. The number of benzene rings is 2. The van der Waals surface area contributed by atoms with Gasteiger partial charge >= 0.3 is 0 Å². The smallest absolute Gasteiger partial charge is 0.216 e. The van der Waals surface area contributed by atoms with Crippen molar-refractivity contribution in [2.45, 2.75) is 18.2 Å². The van der Waals surface area contributed by atoms with Crippen molar-refractivity contribution in [2.75, 3.05) is 6.61 Å². The molecule has 2 rings (SSSR count). The van der Waals surface area contributed by atoms with Gasteiger partial charge in [0.25, 0.3) is 0 Å². The lowest BCUT2D eigenvalue weighted by Gasteiger charge is -2.16. The highest BCUT2D eigenvalue weighted by Crippen LogP contribution is 2.11. The Morgan fingerprint density at radius 1 is 1.05 bits per heavy atom. The summed E-state index contributed by atoms with van der Waals surface area (Å²) in [5.74, 6) is -1.01. The van der Waals surface area contributed by atoms with E-state index in [0.717, 1.165) is 5.56 Å². The number of rotatable bonds is 7. The summed E-state index contributed by atoms with van der Waals surface area (Å²) in [6.45, 7) is -0.328. The van der Waals surface area contributed by atoms with Crippen LogP contribution in [0, 0.1) is 5.82 Å². The number of nitrogens with one attached hydrogen (secondary N) is 1. The van der Waals surface area contributed by atoms with Crippen molar-refractivity contribution < 1.29 is 17.9 Å². The Labute approximate surface area is 129 Å². The van der Waals surface area contributed by atoms with Crippen molar-refractivity contribution in [1.82, 2.24) is 4.72 Å². The monoisotopic (exact) mass is 323 g/mol. The Kier molecular flexibility index (Phi) is 5.65. The minimum atomic E-state index is -3.74. The van der Waals surface area contributed by atoms with E-state index < -0.39 is 27.6 Å². The predicted molar refractivity (Wildman–Crippen MR) is 83.2 cm³/mol. The zero-order chi connectivity index (χ0) is 16.0. The van der Waals surface area contributed by atoms with Crippen molar-refractivity contribution in [3.8, 4) is 0 Å². The van der Waals surface area contributed by atoms with Crippen LogP contribution in [0.5, 0.6) is 0 Å². The third-order valence-corrected chi connectivity index (χ3v) is 4.58. The fourth-order valence-corrected chi connectivity index (χ4v) is 3.55. The average Bonchev–Trinajstić information content (AvgIpc) is 2.49. The van der Waals surface area contributed by atoms with E-state index in [-0.39, 0.29) is 12.2 Å². The average molecular weight is 323 g/mol. The molecular weight excluding hydrogens is 305 g/mol. The first-order valence-corrected chi connectivity index (χ1v) is 8.53. The van der Waals surface area contributed by atoms with E-state index in [1.54, 1.807) is 6.07 Å². The first-order valence-electron chi connectivity index (χ1n) is 6.88. The van der Waals surface area contributed by atoms with Gasteiger partial charge < -0.3 is 5.11 Å². The van der Waals surface area contributed by atoms with Crippen molar-refractivity contribution in [1.29, 1.82) is 0 Å². The van der Waals surface area contributed by atoms with Gasteiger partial charge in [-0.25, -0.2) is 17.5 Å². The Balaban J connectivity index is 2.04. The molecule has 0 bridgehead atoms. The summed E-state index contributed by atoms with van der Waals surface area (Å²) in [6, 6.07) is 14.4. The van der Waals surface area contributed by atoms with Crippen molar-refractivity contribution in [3.63, 3.8) is 0 Å². The Morgan fingerprint density at radius 2 is 1.68 bits per heavy atom. The highest BCUT2D eigenvalue weighted by molar-refractivity contribution is 7.88. The number of aliphatic hydroxyl groups excluding tert-OH is 1. The van der Waals surface area contributed by atoms with Crippen molar-refractivity contribution >= 4 is 10.0 Å². The largest absolute Gasteiger partial charge is 0.395 e. The molecule has 2 N–H and O–H groups in total. The van der Waals surface area contributed by atoms with Gasteiger partial charge in [0.05, 0.1) is 12.4 Å². The van der Waals surface area contributed by atoms with Crippen molar-refractivity contribution in [3.05, 3.63) is 71.5 Å². The third-order valence-electron chi connectivity index (χ3n) is 3.19. The zero-order valence-electron chi connectivity index (χ0n) is 11.9. The molecular formula is C16H18FNO3S. The second-order valence-corrected chi connectivity index (χ2v) is 6.79. The molecule has 0 aliphatic heterocycles. The normalized spacial score (nSPS) is 13.0. The molecule has 0 spiro atoms. The van der Waals surface area contributed by atoms with Crippen LogP contribution >= 0.6 is 0 Å². The first kappa shape index (κ1) is 16.6. The van der Waals surface area contributed by atoms with E-state index in [1.807, 2.05) is 30.3 Å². The summed E-state index contributed by atoms with van der Waals surface area (Å²) in [5.41, 5.74) is 1.02. The van der Waals surface area contributed by atoms with E-state index in [0.29, 0.717) is 6.42 Å². The molecule has 0 saturated carbocycles. The van der Waals surface area contributed by atoms with E-state index in [4.69, 9.17) is 0 Å². The highest BCUT2D eigenvalue weighted by Gasteiger charge is 2.19. The van der Waals surface area contributed by atoms with Crippen LogP contribution in [0.25, 0.3) is 0 Å². The molecule has 0 aliphatic rings. The van der Waals surface area contributed by atoms with Crippen LogP contribution in [0.1, 0.15) is 11.1 Å². The van der Waals surface area contributed by atoms with Gasteiger partial charge in [-0.15, -0.1) is 0 Å². The molecule has 1 atom stereocenters. The Bertz CT molecular complexity index is 704. The SMILES string of the molecule is O=S(=O)(Cc1ccccc1F)N[C@@H](CO)Cc1ccccc1. The van der Waals surface area contributed by atoms with E-state index in [9.17, 15) is 17.9 Å². The van der Waals surface area contributed by atoms with Crippen LogP contribution in [0.4, 0.5) is 4.39 Å². The zero-order valence-corrected chi connectivity index (χ0v) is 12.8. The standard InChI is InChI=1S/C16H18FNO3S/c17-16-9-5-4-8-14(16)12-22(20,21)18-15(11-19)10-13-6-2-1-3-7-13/h1-9,15,18-19H,10-12H2/t15-/m1/s1. The Hall–Kier alpha value is -1.76. The molecule has 0 unspecified atom stereocenters. The lowest BCUT2D eigenvalue weighted by atomic mass is 10.1. The molecule has 0 heterocycles. The minimum absolute atomic E-state index is 0.103. The summed E-state index contributed by atoms with van der Waals surface area (Å²) in [6.07, 6.45) is 0.369. The number of hydrogen-bond acceptors (Lipinski definition) is 3. The molecule has 0 aliphatic carbocycles. The first-order chi connectivity index (χ1) is 10.5. The second kappa shape index (κ2) is 7.49. The number of hydrogen-bond donors (Lipinski definition) is 2. The predicted octanol–water partition coefficient (Wildman–Crippen LogP) is 1.85. The van der Waals surface area contributed by atoms with E-state index in [1.165, 1.54) is 18.2 Å². The van der Waals surface area contributed by atoms with E-state index >= 15 is 0 Å². The minimum Gasteiger partial charge on any atom is -0.395 e. The molecule has 22 heavy (non-hydrogen) atoms. The van der Waals surface area contributed by atoms with E-state index in [2.05, 4.69) is 4.72 Å². The summed E-state index contributed by atoms with van der Waals surface area (Å²) >= 11 is 0. The number of aliphatic hydroxyl groups is 1.